The minimum Gasteiger partial charge on any atom is -0.324 e. The second-order valence-corrected chi connectivity index (χ2v) is 4.26. The molecule has 0 aromatic carbocycles. The number of allylic oxidation sites excluding steroid dienone is 2. The molecule has 0 bridgehead atoms. The van der Waals surface area contributed by atoms with Gasteiger partial charge in [0.15, 0.2) is 0 Å². The molecular weight excluding hydrogens is 158 g/mol. The van der Waals surface area contributed by atoms with Gasteiger partial charge in [0.05, 0.1) is 0 Å². The van der Waals surface area contributed by atoms with Gasteiger partial charge in [-0.25, -0.2) is 0 Å². The molecule has 1 aliphatic carbocycles. The van der Waals surface area contributed by atoms with E-state index in [1.54, 1.807) is 0 Å². The molecule has 2 N–H and O–H groups in total. The lowest BCUT2D eigenvalue weighted by atomic mass is 9.99. The lowest BCUT2D eigenvalue weighted by molar-refractivity contribution is 0.593. The molecule has 0 heterocycles. The standard InChI is InChI=1S/C12H21N/c1-5-11(13)7-12-9(3)6-8(2)10(12)4/h7-9,11H,4-6,13H2,1-3H3/b12-7-. The zero-order valence-electron chi connectivity index (χ0n) is 9.01. The summed E-state index contributed by atoms with van der Waals surface area (Å²) in [6, 6.07) is 0.208. The Hall–Kier alpha value is -0.560. The molecule has 3 atom stereocenters. The Labute approximate surface area is 81.7 Å². The molecule has 0 aromatic heterocycles. The van der Waals surface area contributed by atoms with E-state index in [-0.39, 0.29) is 6.04 Å². The first-order chi connectivity index (χ1) is 6.06. The summed E-state index contributed by atoms with van der Waals surface area (Å²) >= 11 is 0. The van der Waals surface area contributed by atoms with Gasteiger partial charge in [-0.1, -0.05) is 33.4 Å². The van der Waals surface area contributed by atoms with Crippen LogP contribution in [-0.2, 0) is 0 Å². The Kier molecular flexibility index (Phi) is 3.32. The first-order valence-corrected chi connectivity index (χ1v) is 5.22. The van der Waals surface area contributed by atoms with E-state index in [0.717, 1.165) is 6.42 Å². The van der Waals surface area contributed by atoms with Crippen LogP contribution in [-0.4, -0.2) is 6.04 Å². The van der Waals surface area contributed by atoms with Gasteiger partial charge >= 0.3 is 0 Å². The maximum atomic E-state index is 5.91. The van der Waals surface area contributed by atoms with E-state index < -0.39 is 0 Å². The van der Waals surface area contributed by atoms with Crippen LogP contribution in [0.15, 0.2) is 23.8 Å². The third-order valence-corrected chi connectivity index (χ3v) is 3.07. The van der Waals surface area contributed by atoms with Crippen molar-refractivity contribution < 1.29 is 0 Å². The lowest BCUT2D eigenvalue weighted by Crippen LogP contribution is -2.16. The van der Waals surface area contributed by atoms with Crippen molar-refractivity contribution in [3.05, 3.63) is 23.8 Å². The predicted molar refractivity (Wildman–Crippen MR) is 58.4 cm³/mol. The normalized spacial score (nSPS) is 34.2. The van der Waals surface area contributed by atoms with Crippen LogP contribution in [0.5, 0.6) is 0 Å². The summed E-state index contributed by atoms with van der Waals surface area (Å²) in [6.07, 6.45) is 4.45. The van der Waals surface area contributed by atoms with E-state index in [1.807, 2.05) is 0 Å². The third kappa shape index (κ3) is 2.22. The number of nitrogens with two attached hydrogens (primary N) is 1. The minimum atomic E-state index is 0.208. The summed E-state index contributed by atoms with van der Waals surface area (Å²) < 4.78 is 0. The molecule has 13 heavy (non-hydrogen) atoms. The van der Waals surface area contributed by atoms with Gasteiger partial charge in [0.25, 0.3) is 0 Å². The van der Waals surface area contributed by atoms with E-state index in [2.05, 4.69) is 33.4 Å². The van der Waals surface area contributed by atoms with Gasteiger partial charge in [-0.3, -0.25) is 0 Å². The van der Waals surface area contributed by atoms with Crippen molar-refractivity contribution in [3.8, 4) is 0 Å². The van der Waals surface area contributed by atoms with Gasteiger partial charge in [0.1, 0.15) is 0 Å². The van der Waals surface area contributed by atoms with Gasteiger partial charge < -0.3 is 5.73 Å². The molecule has 0 amide bonds. The first kappa shape index (κ1) is 10.5. The van der Waals surface area contributed by atoms with Gasteiger partial charge in [0, 0.05) is 6.04 Å². The molecule has 1 rings (SSSR count). The molecular formula is C12H21N. The highest BCUT2D eigenvalue weighted by Gasteiger charge is 2.26. The molecule has 1 fully saturated rings. The van der Waals surface area contributed by atoms with Crippen LogP contribution < -0.4 is 5.73 Å². The topological polar surface area (TPSA) is 26.0 Å². The Morgan fingerprint density at radius 1 is 1.54 bits per heavy atom. The molecule has 0 radical (unpaired) electrons. The third-order valence-electron chi connectivity index (χ3n) is 3.07. The molecule has 1 saturated carbocycles. The summed E-state index contributed by atoms with van der Waals surface area (Å²) in [6.45, 7) is 10.8. The van der Waals surface area contributed by atoms with Crippen LogP contribution >= 0.6 is 0 Å². The largest absolute Gasteiger partial charge is 0.324 e. The van der Waals surface area contributed by atoms with Gasteiger partial charge in [0.2, 0.25) is 0 Å². The van der Waals surface area contributed by atoms with Crippen LogP contribution in [0, 0.1) is 11.8 Å². The summed E-state index contributed by atoms with van der Waals surface area (Å²) in [5.74, 6) is 1.30. The molecule has 3 unspecified atom stereocenters. The zero-order valence-corrected chi connectivity index (χ0v) is 9.01. The van der Waals surface area contributed by atoms with E-state index in [9.17, 15) is 0 Å². The van der Waals surface area contributed by atoms with Crippen LogP contribution in [0.25, 0.3) is 0 Å². The average Bonchev–Trinajstić information content (AvgIpc) is 2.32. The van der Waals surface area contributed by atoms with Gasteiger partial charge in [-0.05, 0) is 35.8 Å². The average molecular weight is 179 g/mol. The lowest BCUT2D eigenvalue weighted by Gasteiger charge is -2.09. The monoisotopic (exact) mass is 179 g/mol. The molecule has 0 spiro atoms. The van der Waals surface area contributed by atoms with Crippen molar-refractivity contribution in [2.24, 2.45) is 17.6 Å². The maximum Gasteiger partial charge on any atom is 0.0226 e. The molecule has 74 valence electrons. The summed E-state index contributed by atoms with van der Waals surface area (Å²) in [5.41, 5.74) is 8.61. The molecule has 1 aliphatic rings. The summed E-state index contributed by atoms with van der Waals surface area (Å²) in [7, 11) is 0. The smallest absolute Gasteiger partial charge is 0.0226 e. The second-order valence-electron chi connectivity index (χ2n) is 4.26. The van der Waals surface area contributed by atoms with Crippen molar-refractivity contribution in [2.75, 3.05) is 0 Å². The van der Waals surface area contributed by atoms with Crippen molar-refractivity contribution in [1.29, 1.82) is 0 Å². The zero-order chi connectivity index (χ0) is 10.0. The fourth-order valence-electron chi connectivity index (χ4n) is 2.02. The van der Waals surface area contributed by atoms with Crippen molar-refractivity contribution in [1.82, 2.24) is 0 Å². The molecule has 0 aliphatic heterocycles. The van der Waals surface area contributed by atoms with Crippen molar-refractivity contribution in [3.63, 3.8) is 0 Å². The summed E-state index contributed by atoms with van der Waals surface area (Å²) in [4.78, 5) is 0. The van der Waals surface area contributed by atoms with Gasteiger partial charge in [-0.2, -0.15) is 0 Å². The number of hydrogen-bond acceptors (Lipinski definition) is 1. The Morgan fingerprint density at radius 3 is 2.54 bits per heavy atom. The van der Waals surface area contributed by atoms with Crippen molar-refractivity contribution >= 4 is 0 Å². The predicted octanol–water partition coefficient (Wildman–Crippen LogP) is 2.88. The second kappa shape index (κ2) is 4.10. The molecule has 0 saturated heterocycles. The van der Waals surface area contributed by atoms with E-state index in [1.165, 1.54) is 17.6 Å². The van der Waals surface area contributed by atoms with E-state index in [0.29, 0.717) is 11.8 Å². The van der Waals surface area contributed by atoms with Crippen LogP contribution in [0.2, 0.25) is 0 Å². The highest BCUT2D eigenvalue weighted by molar-refractivity contribution is 5.37. The Bertz CT molecular complexity index is 227. The highest BCUT2D eigenvalue weighted by atomic mass is 14.6. The molecule has 1 heteroatoms. The van der Waals surface area contributed by atoms with E-state index >= 15 is 0 Å². The minimum absolute atomic E-state index is 0.208. The SMILES string of the molecule is C=C1/C(=C\C(N)CC)C(C)CC1C. The number of hydrogen-bond donors (Lipinski definition) is 1. The highest BCUT2D eigenvalue weighted by Crippen LogP contribution is 2.39. The Balaban J connectivity index is 2.79. The number of rotatable bonds is 2. The van der Waals surface area contributed by atoms with Crippen LogP contribution in [0.4, 0.5) is 0 Å². The summed E-state index contributed by atoms with van der Waals surface area (Å²) in [5, 5.41) is 0. The molecule has 1 nitrogen and oxygen atoms in total. The van der Waals surface area contributed by atoms with Crippen LogP contribution in [0.3, 0.4) is 0 Å². The fraction of sp³-hybridized carbons (Fsp3) is 0.667. The van der Waals surface area contributed by atoms with Gasteiger partial charge in [-0.15, -0.1) is 0 Å². The fourth-order valence-corrected chi connectivity index (χ4v) is 2.02. The molecule has 0 aromatic rings. The quantitative estimate of drug-likeness (QED) is 0.693. The Morgan fingerprint density at radius 2 is 2.15 bits per heavy atom. The first-order valence-electron chi connectivity index (χ1n) is 5.22. The maximum absolute atomic E-state index is 5.91. The van der Waals surface area contributed by atoms with Crippen LogP contribution in [0.1, 0.15) is 33.6 Å². The van der Waals surface area contributed by atoms with Crippen molar-refractivity contribution in [2.45, 2.75) is 39.7 Å². The van der Waals surface area contributed by atoms with E-state index in [4.69, 9.17) is 5.73 Å².